The highest BCUT2D eigenvalue weighted by atomic mass is 79.9. The molecule has 0 fully saturated rings. The first kappa shape index (κ1) is 13.4. The minimum atomic E-state index is 0.351. The van der Waals surface area contributed by atoms with E-state index in [1.165, 1.54) is 0 Å². The van der Waals surface area contributed by atoms with Crippen LogP contribution in [-0.4, -0.2) is 30.0 Å². The Morgan fingerprint density at radius 2 is 1.32 bits per heavy atom. The zero-order valence-electron chi connectivity index (χ0n) is 11.1. The van der Waals surface area contributed by atoms with Crippen molar-refractivity contribution in [2.75, 3.05) is 0 Å². The highest BCUT2D eigenvalue weighted by Gasteiger charge is 2.14. The molecular formula is C14H8BrClN6. The molecule has 8 heteroatoms. The second-order valence-corrected chi connectivity index (χ2v) is 5.67. The van der Waals surface area contributed by atoms with Crippen molar-refractivity contribution in [2.24, 2.45) is 0 Å². The van der Waals surface area contributed by atoms with Gasteiger partial charge in [0.2, 0.25) is 0 Å². The smallest absolute Gasteiger partial charge is 0.165 e. The van der Waals surface area contributed by atoms with Crippen LogP contribution >= 0.6 is 27.5 Å². The van der Waals surface area contributed by atoms with Crippen molar-refractivity contribution in [1.29, 1.82) is 0 Å². The van der Waals surface area contributed by atoms with Gasteiger partial charge in [0, 0.05) is 0 Å². The lowest BCUT2D eigenvalue weighted by Gasteiger charge is -2.05. The summed E-state index contributed by atoms with van der Waals surface area (Å²) in [6.45, 7) is 0. The minimum Gasteiger partial charge on any atom is -0.203 e. The second kappa shape index (κ2) is 5.19. The van der Waals surface area contributed by atoms with Crippen LogP contribution in [0.25, 0.3) is 31.8 Å². The molecule has 0 amide bonds. The summed E-state index contributed by atoms with van der Waals surface area (Å²) in [5.41, 5.74) is 3.21. The first-order valence-electron chi connectivity index (χ1n) is 6.42. The zero-order chi connectivity index (χ0) is 15.1. The van der Waals surface area contributed by atoms with Crippen molar-refractivity contribution in [2.45, 2.75) is 0 Å². The third kappa shape index (κ3) is 2.01. The van der Waals surface area contributed by atoms with E-state index in [1.54, 1.807) is 9.36 Å². The summed E-state index contributed by atoms with van der Waals surface area (Å²) < 4.78 is 3.71. The molecule has 0 radical (unpaired) electrons. The van der Waals surface area contributed by atoms with Crippen molar-refractivity contribution in [3.8, 4) is 0 Å². The maximum absolute atomic E-state index is 6.47. The van der Waals surface area contributed by atoms with E-state index in [-0.39, 0.29) is 0 Å². The second-order valence-electron chi connectivity index (χ2n) is 4.56. The summed E-state index contributed by atoms with van der Waals surface area (Å²) in [5, 5.41) is 16.8. The summed E-state index contributed by atoms with van der Waals surface area (Å²) in [7, 11) is 0. The van der Waals surface area contributed by atoms with Gasteiger partial charge in [0.05, 0.1) is 11.0 Å². The molecule has 108 valence electrons. The normalized spacial score (nSPS) is 12.8. The lowest BCUT2D eigenvalue weighted by atomic mass is 10.3. The molecule has 2 aromatic carbocycles. The molecule has 0 aliphatic carbocycles. The van der Waals surface area contributed by atoms with Gasteiger partial charge in [-0.1, -0.05) is 46.3 Å². The van der Waals surface area contributed by atoms with E-state index in [0.29, 0.717) is 9.76 Å². The maximum atomic E-state index is 6.47. The van der Waals surface area contributed by atoms with Gasteiger partial charge in [0.15, 0.2) is 5.16 Å². The van der Waals surface area contributed by atoms with Crippen LogP contribution in [0.4, 0.5) is 0 Å². The number of fused-ring (bicyclic) bond motifs is 2. The van der Waals surface area contributed by atoms with E-state index in [9.17, 15) is 0 Å². The van der Waals surface area contributed by atoms with Gasteiger partial charge in [0.1, 0.15) is 15.6 Å². The predicted molar refractivity (Wildman–Crippen MR) is 89.2 cm³/mol. The van der Waals surface area contributed by atoms with Crippen LogP contribution in [0.5, 0.6) is 0 Å². The molecule has 0 N–H and O–H groups in total. The van der Waals surface area contributed by atoms with Crippen LogP contribution in [0.15, 0.2) is 48.5 Å². The van der Waals surface area contributed by atoms with Crippen LogP contribution in [0.3, 0.4) is 0 Å². The number of aromatic nitrogens is 6. The van der Waals surface area contributed by atoms with Crippen LogP contribution in [0, 0.1) is 0 Å². The summed E-state index contributed by atoms with van der Waals surface area (Å²) in [5.74, 6) is 0. The van der Waals surface area contributed by atoms with Crippen LogP contribution in [0.2, 0.25) is 0 Å². The molecule has 0 aliphatic rings. The first-order valence-corrected chi connectivity index (χ1v) is 7.60. The molecule has 2 aromatic heterocycles. The van der Waals surface area contributed by atoms with Crippen molar-refractivity contribution in [3.63, 3.8) is 0 Å². The Balaban J connectivity index is 1.93. The van der Waals surface area contributed by atoms with Gasteiger partial charge < -0.3 is 0 Å². The predicted octanol–water partition coefficient (Wildman–Crippen LogP) is 3.55. The molecule has 22 heavy (non-hydrogen) atoms. The minimum absolute atomic E-state index is 0.351. The molecule has 4 aromatic rings. The highest BCUT2D eigenvalue weighted by Crippen LogP contribution is 2.29. The molecular weight excluding hydrogens is 368 g/mol. The monoisotopic (exact) mass is 374 g/mol. The Hall–Kier alpha value is -2.25. The molecule has 0 saturated carbocycles. The number of benzene rings is 2. The van der Waals surface area contributed by atoms with E-state index in [1.807, 2.05) is 48.5 Å². The van der Waals surface area contributed by atoms with Gasteiger partial charge >= 0.3 is 0 Å². The van der Waals surface area contributed by atoms with Gasteiger partial charge in [-0.15, -0.1) is 10.2 Å². The molecule has 0 atom stereocenters. The number of para-hydroxylation sites is 2. The van der Waals surface area contributed by atoms with E-state index < -0.39 is 0 Å². The topological polar surface area (TPSA) is 61.4 Å². The summed E-state index contributed by atoms with van der Waals surface area (Å²) in [6, 6.07) is 15.2. The zero-order valence-corrected chi connectivity index (χ0v) is 13.4. The highest BCUT2D eigenvalue weighted by molar-refractivity contribution is 9.15. The molecule has 0 unspecified atom stereocenters. The number of rotatable bonds is 2. The average molecular weight is 376 g/mol. The van der Waals surface area contributed by atoms with E-state index in [0.717, 1.165) is 22.1 Å². The van der Waals surface area contributed by atoms with Crippen molar-refractivity contribution in [1.82, 2.24) is 30.0 Å². The lowest BCUT2D eigenvalue weighted by Crippen LogP contribution is -2.01. The van der Waals surface area contributed by atoms with Crippen LogP contribution < -0.4 is 0 Å². The summed E-state index contributed by atoms with van der Waals surface area (Å²) in [4.78, 5) is 0. The van der Waals surface area contributed by atoms with Crippen molar-refractivity contribution < 1.29 is 0 Å². The average Bonchev–Trinajstić information content (AvgIpc) is 3.17. The van der Waals surface area contributed by atoms with E-state index in [4.69, 9.17) is 11.6 Å². The first-order chi connectivity index (χ1) is 10.8. The van der Waals surface area contributed by atoms with E-state index >= 15 is 0 Å². The van der Waals surface area contributed by atoms with Gasteiger partial charge in [-0.25, -0.2) is 4.68 Å². The van der Waals surface area contributed by atoms with Crippen molar-refractivity contribution in [3.05, 3.63) is 48.5 Å². The number of hydrogen-bond acceptors (Lipinski definition) is 4. The molecule has 0 bridgehead atoms. The largest absolute Gasteiger partial charge is 0.203 e. The van der Waals surface area contributed by atoms with Gasteiger partial charge in [-0.2, -0.15) is 4.68 Å². The third-order valence-electron chi connectivity index (χ3n) is 3.25. The van der Waals surface area contributed by atoms with Gasteiger partial charge in [-0.3, -0.25) is 0 Å². The standard InChI is InChI=1S/C14H8BrClN6/c15-13(21-11-7-3-1-5-9(11)17-19-21)14(16)22-12-8-4-2-6-10(12)18-20-22/h1-8H/b14-13+. The number of hydrogen-bond donors (Lipinski definition) is 0. The number of nitrogens with zero attached hydrogens (tertiary/aromatic N) is 6. The fourth-order valence-corrected chi connectivity index (χ4v) is 2.84. The van der Waals surface area contributed by atoms with Crippen LogP contribution in [0.1, 0.15) is 0 Å². The quantitative estimate of drug-likeness (QED) is 0.537. The molecule has 6 nitrogen and oxygen atoms in total. The Bertz CT molecular complexity index is 936. The van der Waals surface area contributed by atoms with E-state index in [2.05, 4.69) is 36.6 Å². The molecule has 0 spiro atoms. The molecule has 4 rings (SSSR count). The van der Waals surface area contributed by atoms with Gasteiger partial charge in [0.25, 0.3) is 0 Å². The molecule has 2 heterocycles. The fraction of sp³-hybridized carbons (Fsp3) is 0. The Kier molecular flexibility index (Phi) is 3.16. The lowest BCUT2D eigenvalue weighted by molar-refractivity contribution is 0.832. The Labute approximate surface area is 138 Å². The van der Waals surface area contributed by atoms with Gasteiger partial charge in [-0.05, 0) is 40.2 Å². The summed E-state index contributed by atoms with van der Waals surface area (Å²) in [6.07, 6.45) is 0. The molecule has 0 saturated heterocycles. The summed E-state index contributed by atoms with van der Waals surface area (Å²) >= 11 is 9.95. The molecule has 0 aliphatic heterocycles. The fourth-order valence-electron chi connectivity index (χ4n) is 2.20. The van der Waals surface area contributed by atoms with Crippen LogP contribution in [-0.2, 0) is 0 Å². The maximum Gasteiger partial charge on any atom is 0.165 e. The SMILES string of the molecule is Cl/C(=C(/Br)n1nnc2ccccc21)n1nnc2ccccc21. The third-order valence-corrected chi connectivity index (χ3v) is 4.52. The number of halogens is 2. The Morgan fingerprint density at radius 3 is 1.95 bits per heavy atom. The van der Waals surface area contributed by atoms with Crippen molar-refractivity contribution >= 4 is 59.4 Å². The Morgan fingerprint density at radius 1 is 0.818 bits per heavy atom.